The van der Waals surface area contributed by atoms with E-state index in [4.69, 9.17) is 5.73 Å². The van der Waals surface area contributed by atoms with E-state index < -0.39 is 0 Å². The second-order valence-corrected chi connectivity index (χ2v) is 5.16. The first-order chi connectivity index (χ1) is 8.33. The van der Waals surface area contributed by atoms with Gasteiger partial charge in [0.25, 0.3) is 0 Å². The Kier molecular flexibility index (Phi) is 7.85. The van der Waals surface area contributed by atoms with Crippen molar-refractivity contribution in [2.75, 3.05) is 6.54 Å². The Morgan fingerprint density at radius 1 is 1.06 bits per heavy atom. The number of hydrogen-bond acceptors (Lipinski definition) is 1. The van der Waals surface area contributed by atoms with Gasteiger partial charge in [-0.1, -0.05) is 51.9 Å². The van der Waals surface area contributed by atoms with Gasteiger partial charge in [0.2, 0.25) is 0 Å². The maximum atomic E-state index is 5.75. The van der Waals surface area contributed by atoms with E-state index >= 15 is 0 Å². The first kappa shape index (κ1) is 14.3. The lowest BCUT2D eigenvalue weighted by Crippen LogP contribution is -2.33. The molecule has 0 heterocycles. The SMILES string of the molecule is CCCCCCCCCCN=C(N)NC1CC1. The lowest BCUT2D eigenvalue weighted by molar-refractivity contribution is 0.578. The third-order valence-corrected chi connectivity index (χ3v) is 3.22. The van der Waals surface area contributed by atoms with Crippen molar-refractivity contribution in [3.63, 3.8) is 0 Å². The van der Waals surface area contributed by atoms with Gasteiger partial charge in [0, 0.05) is 12.6 Å². The van der Waals surface area contributed by atoms with Crippen molar-refractivity contribution in [1.82, 2.24) is 5.32 Å². The van der Waals surface area contributed by atoms with Crippen molar-refractivity contribution in [2.24, 2.45) is 10.7 Å². The standard InChI is InChI=1S/C14H29N3/c1-2-3-4-5-6-7-8-9-12-16-14(15)17-13-10-11-13/h13H,2-12H2,1H3,(H3,15,16,17). The van der Waals surface area contributed by atoms with Gasteiger partial charge in [-0.15, -0.1) is 0 Å². The number of nitrogens with one attached hydrogen (secondary N) is 1. The van der Waals surface area contributed by atoms with Crippen LogP contribution >= 0.6 is 0 Å². The first-order valence-electron chi connectivity index (χ1n) is 7.39. The maximum absolute atomic E-state index is 5.75. The van der Waals surface area contributed by atoms with E-state index in [0.717, 1.165) is 6.54 Å². The highest BCUT2D eigenvalue weighted by Gasteiger charge is 2.21. The fraction of sp³-hybridized carbons (Fsp3) is 0.929. The highest BCUT2D eigenvalue weighted by Crippen LogP contribution is 2.18. The zero-order valence-corrected chi connectivity index (χ0v) is 11.4. The molecule has 0 unspecified atom stereocenters. The molecule has 0 atom stereocenters. The molecule has 100 valence electrons. The molecule has 1 aliphatic carbocycles. The molecular formula is C14H29N3. The van der Waals surface area contributed by atoms with Gasteiger partial charge in [0.05, 0.1) is 0 Å². The van der Waals surface area contributed by atoms with Crippen LogP contribution in [0.15, 0.2) is 4.99 Å². The zero-order valence-electron chi connectivity index (χ0n) is 11.4. The highest BCUT2D eigenvalue weighted by molar-refractivity contribution is 5.78. The molecule has 1 aliphatic rings. The van der Waals surface area contributed by atoms with Gasteiger partial charge in [-0.2, -0.15) is 0 Å². The minimum absolute atomic E-state index is 0.623. The molecule has 1 saturated carbocycles. The van der Waals surface area contributed by atoms with Crippen molar-refractivity contribution in [3.8, 4) is 0 Å². The summed E-state index contributed by atoms with van der Waals surface area (Å²) in [6, 6.07) is 0.623. The minimum Gasteiger partial charge on any atom is -0.370 e. The monoisotopic (exact) mass is 239 g/mol. The molecule has 1 fully saturated rings. The molecule has 3 N–H and O–H groups in total. The second-order valence-electron chi connectivity index (χ2n) is 5.16. The van der Waals surface area contributed by atoms with Crippen molar-refractivity contribution in [1.29, 1.82) is 0 Å². The summed E-state index contributed by atoms with van der Waals surface area (Å²) in [6.07, 6.45) is 13.3. The molecule has 0 aromatic rings. The number of nitrogens with two attached hydrogens (primary N) is 1. The fourth-order valence-electron chi connectivity index (χ4n) is 1.93. The second kappa shape index (κ2) is 9.32. The smallest absolute Gasteiger partial charge is 0.188 e. The van der Waals surface area contributed by atoms with Crippen LogP contribution in [0.25, 0.3) is 0 Å². The van der Waals surface area contributed by atoms with Gasteiger partial charge in [-0.3, -0.25) is 4.99 Å². The summed E-state index contributed by atoms with van der Waals surface area (Å²) in [5.41, 5.74) is 5.75. The molecule has 0 radical (unpaired) electrons. The Labute approximate surface area is 106 Å². The summed E-state index contributed by atoms with van der Waals surface area (Å²) in [4.78, 5) is 4.33. The topological polar surface area (TPSA) is 50.4 Å². The first-order valence-corrected chi connectivity index (χ1v) is 7.39. The van der Waals surface area contributed by atoms with Gasteiger partial charge >= 0.3 is 0 Å². The fourth-order valence-corrected chi connectivity index (χ4v) is 1.93. The minimum atomic E-state index is 0.623. The van der Waals surface area contributed by atoms with Crippen LogP contribution < -0.4 is 11.1 Å². The number of rotatable bonds is 10. The van der Waals surface area contributed by atoms with Gasteiger partial charge in [-0.05, 0) is 19.3 Å². The van der Waals surface area contributed by atoms with E-state index in [1.54, 1.807) is 0 Å². The van der Waals surface area contributed by atoms with Gasteiger partial charge in [0.1, 0.15) is 0 Å². The molecule has 0 bridgehead atoms. The molecule has 1 rings (SSSR count). The Bertz CT molecular complexity index is 210. The predicted molar refractivity (Wildman–Crippen MR) is 75.3 cm³/mol. The average molecular weight is 239 g/mol. The largest absolute Gasteiger partial charge is 0.370 e. The number of hydrogen-bond donors (Lipinski definition) is 2. The van der Waals surface area contributed by atoms with E-state index in [1.807, 2.05) is 0 Å². The molecule has 0 spiro atoms. The Morgan fingerprint density at radius 2 is 1.65 bits per heavy atom. The van der Waals surface area contributed by atoms with Crippen molar-refractivity contribution >= 4 is 5.96 Å². The lowest BCUT2D eigenvalue weighted by Gasteiger charge is -2.03. The highest BCUT2D eigenvalue weighted by atomic mass is 15.1. The predicted octanol–water partition coefficient (Wildman–Crippen LogP) is 3.19. The summed E-state index contributed by atoms with van der Waals surface area (Å²) in [5, 5.41) is 3.21. The van der Waals surface area contributed by atoms with Crippen molar-refractivity contribution in [2.45, 2.75) is 77.2 Å². The van der Waals surface area contributed by atoms with Crippen LogP contribution in [-0.2, 0) is 0 Å². The molecule has 0 aromatic carbocycles. The molecule has 0 aliphatic heterocycles. The average Bonchev–Trinajstić information content (AvgIpc) is 3.11. The van der Waals surface area contributed by atoms with Crippen LogP contribution in [0, 0.1) is 0 Å². The third-order valence-electron chi connectivity index (χ3n) is 3.22. The third kappa shape index (κ3) is 9.02. The van der Waals surface area contributed by atoms with Crippen LogP contribution in [0.4, 0.5) is 0 Å². The lowest BCUT2D eigenvalue weighted by atomic mass is 10.1. The van der Waals surface area contributed by atoms with Crippen molar-refractivity contribution < 1.29 is 0 Å². The van der Waals surface area contributed by atoms with Crippen LogP contribution in [0.3, 0.4) is 0 Å². The molecule has 0 amide bonds. The Balaban J connectivity index is 1.79. The maximum Gasteiger partial charge on any atom is 0.188 e. The molecule has 17 heavy (non-hydrogen) atoms. The molecule has 3 heteroatoms. The van der Waals surface area contributed by atoms with Gasteiger partial charge in [0.15, 0.2) is 5.96 Å². The van der Waals surface area contributed by atoms with Crippen LogP contribution in [0.2, 0.25) is 0 Å². The van der Waals surface area contributed by atoms with E-state index in [-0.39, 0.29) is 0 Å². The number of aliphatic imine (C=N–C) groups is 1. The summed E-state index contributed by atoms with van der Waals surface area (Å²) < 4.78 is 0. The summed E-state index contributed by atoms with van der Waals surface area (Å²) in [7, 11) is 0. The van der Waals surface area contributed by atoms with E-state index in [1.165, 1.54) is 64.2 Å². The van der Waals surface area contributed by atoms with Crippen LogP contribution in [-0.4, -0.2) is 18.5 Å². The number of guanidine groups is 1. The van der Waals surface area contributed by atoms with Crippen LogP contribution in [0.1, 0.15) is 71.1 Å². The quantitative estimate of drug-likeness (QED) is 0.349. The van der Waals surface area contributed by atoms with E-state index in [9.17, 15) is 0 Å². The molecule has 0 saturated heterocycles. The summed E-state index contributed by atoms with van der Waals surface area (Å²) >= 11 is 0. The molecule has 0 aromatic heterocycles. The molecular weight excluding hydrogens is 210 g/mol. The Hall–Kier alpha value is -0.730. The zero-order chi connectivity index (χ0) is 12.3. The van der Waals surface area contributed by atoms with E-state index in [0.29, 0.717) is 12.0 Å². The van der Waals surface area contributed by atoms with Gasteiger partial charge < -0.3 is 11.1 Å². The molecule has 3 nitrogen and oxygen atoms in total. The number of nitrogens with zero attached hydrogens (tertiary/aromatic N) is 1. The summed E-state index contributed by atoms with van der Waals surface area (Å²) in [6.45, 7) is 3.15. The Morgan fingerprint density at radius 3 is 2.24 bits per heavy atom. The number of unbranched alkanes of at least 4 members (excludes halogenated alkanes) is 7. The van der Waals surface area contributed by atoms with Crippen LogP contribution in [0.5, 0.6) is 0 Å². The normalized spacial score (nSPS) is 16.2. The van der Waals surface area contributed by atoms with Gasteiger partial charge in [-0.25, -0.2) is 0 Å². The van der Waals surface area contributed by atoms with E-state index in [2.05, 4.69) is 17.2 Å². The summed E-state index contributed by atoms with van der Waals surface area (Å²) in [5.74, 6) is 0.649. The van der Waals surface area contributed by atoms with Crippen molar-refractivity contribution in [3.05, 3.63) is 0 Å².